The van der Waals surface area contributed by atoms with Crippen molar-refractivity contribution in [3.63, 3.8) is 0 Å². The summed E-state index contributed by atoms with van der Waals surface area (Å²) in [5.41, 5.74) is 7.30. The van der Waals surface area contributed by atoms with Gasteiger partial charge in [-0.25, -0.2) is 4.98 Å². The van der Waals surface area contributed by atoms with Gasteiger partial charge in [0, 0.05) is 47.6 Å². The van der Waals surface area contributed by atoms with Crippen LogP contribution in [-0.2, 0) is 22.1 Å². The zero-order valence-corrected chi connectivity index (χ0v) is 11.7. The molecule has 102 valence electrons. The Morgan fingerprint density at radius 2 is 2.50 bits per heavy atom. The maximum absolute atomic E-state index is 11.4. The highest BCUT2D eigenvalue weighted by molar-refractivity contribution is 7.84. The Kier molecular flexibility index (Phi) is 4.53. The summed E-state index contributed by atoms with van der Waals surface area (Å²) in [4.78, 5) is 4.17. The van der Waals surface area contributed by atoms with Gasteiger partial charge in [-0.05, 0) is 13.3 Å². The predicted molar refractivity (Wildman–Crippen MR) is 71.6 cm³/mol. The van der Waals surface area contributed by atoms with Gasteiger partial charge in [-0.3, -0.25) is 4.21 Å². The molecule has 4 atom stereocenters. The Hall–Kier alpha value is -0.720. The molecular weight excluding hydrogens is 250 g/mol. The Labute approximate surface area is 110 Å². The van der Waals surface area contributed by atoms with E-state index in [1.807, 2.05) is 17.7 Å². The number of aromatic nitrogens is 2. The largest absolute Gasteiger partial charge is 0.381 e. The minimum atomic E-state index is -0.832. The van der Waals surface area contributed by atoms with E-state index in [1.54, 1.807) is 12.6 Å². The van der Waals surface area contributed by atoms with Crippen molar-refractivity contribution < 1.29 is 8.95 Å². The number of nitrogens with zero attached hydrogens (tertiary/aromatic N) is 2. The Morgan fingerprint density at radius 3 is 3.11 bits per heavy atom. The number of imidazole rings is 1. The van der Waals surface area contributed by atoms with Crippen LogP contribution in [0.15, 0.2) is 12.5 Å². The summed E-state index contributed by atoms with van der Waals surface area (Å²) in [5, 5.41) is 0.102. The second kappa shape index (κ2) is 5.95. The molecule has 2 heterocycles. The van der Waals surface area contributed by atoms with E-state index in [-0.39, 0.29) is 11.3 Å². The number of hydrogen-bond donors (Lipinski definition) is 1. The van der Waals surface area contributed by atoms with Gasteiger partial charge >= 0.3 is 0 Å². The minimum Gasteiger partial charge on any atom is -0.381 e. The third-order valence-electron chi connectivity index (χ3n) is 3.58. The smallest absolute Gasteiger partial charge is 0.0949 e. The number of hydrogen-bond acceptors (Lipinski definition) is 4. The van der Waals surface area contributed by atoms with Gasteiger partial charge in [0.15, 0.2) is 0 Å². The number of rotatable bonds is 5. The summed E-state index contributed by atoms with van der Waals surface area (Å²) < 4.78 is 18.8. The second-order valence-corrected chi connectivity index (χ2v) is 6.73. The first-order valence-corrected chi connectivity index (χ1v) is 7.87. The van der Waals surface area contributed by atoms with E-state index in [2.05, 4.69) is 4.98 Å². The van der Waals surface area contributed by atoms with Gasteiger partial charge in [-0.2, -0.15) is 0 Å². The molecule has 1 aromatic heterocycles. The van der Waals surface area contributed by atoms with Crippen molar-refractivity contribution >= 4 is 10.8 Å². The molecule has 6 heteroatoms. The summed E-state index contributed by atoms with van der Waals surface area (Å²) in [7, 11) is -0.832. The quantitative estimate of drug-likeness (QED) is 0.855. The predicted octanol–water partition coefficient (Wildman–Crippen LogP) is 0.686. The number of ether oxygens (including phenoxy) is 1. The van der Waals surface area contributed by atoms with E-state index in [1.165, 1.54) is 0 Å². The molecule has 1 saturated heterocycles. The average molecular weight is 271 g/mol. The fraction of sp³-hybridized carbons (Fsp3) is 0.750. The molecule has 1 aliphatic heterocycles. The van der Waals surface area contributed by atoms with Gasteiger partial charge < -0.3 is 15.0 Å². The van der Waals surface area contributed by atoms with Crippen molar-refractivity contribution in [3.8, 4) is 0 Å². The molecule has 2 rings (SSSR count). The van der Waals surface area contributed by atoms with Gasteiger partial charge in [-0.15, -0.1) is 0 Å². The molecule has 1 aliphatic rings. The lowest BCUT2D eigenvalue weighted by molar-refractivity contribution is 0.180. The van der Waals surface area contributed by atoms with Crippen LogP contribution in [0, 0.1) is 5.92 Å². The molecule has 1 aromatic rings. The Morgan fingerprint density at radius 1 is 1.72 bits per heavy atom. The maximum atomic E-state index is 11.4. The van der Waals surface area contributed by atoms with E-state index >= 15 is 0 Å². The fourth-order valence-electron chi connectivity index (χ4n) is 2.22. The SMILES string of the molecule is CC(Cn1cncc1C(N)C1CCOC1)S(C)=O. The van der Waals surface area contributed by atoms with Crippen LogP contribution in [0.3, 0.4) is 0 Å². The molecular formula is C12H21N3O2S. The van der Waals surface area contributed by atoms with Gasteiger partial charge in [0.1, 0.15) is 0 Å². The van der Waals surface area contributed by atoms with E-state index in [0.717, 1.165) is 25.3 Å². The van der Waals surface area contributed by atoms with Crippen LogP contribution in [0.4, 0.5) is 0 Å². The maximum Gasteiger partial charge on any atom is 0.0949 e. The Bertz CT molecular complexity index is 415. The lowest BCUT2D eigenvalue weighted by Gasteiger charge is -2.20. The van der Waals surface area contributed by atoms with Crippen LogP contribution in [0.5, 0.6) is 0 Å². The van der Waals surface area contributed by atoms with Crippen molar-refractivity contribution in [2.45, 2.75) is 31.2 Å². The summed E-state index contributed by atoms with van der Waals surface area (Å²) in [6.07, 6.45) is 6.32. The molecule has 2 N–H and O–H groups in total. The third kappa shape index (κ3) is 2.99. The summed E-state index contributed by atoms with van der Waals surface area (Å²) in [5.74, 6) is 0.364. The number of nitrogens with two attached hydrogens (primary N) is 1. The van der Waals surface area contributed by atoms with Crippen LogP contribution < -0.4 is 5.73 Å². The van der Waals surface area contributed by atoms with Crippen molar-refractivity contribution in [2.75, 3.05) is 19.5 Å². The first-order valence-electron chi connectivity index (χ1n) is 6.25. The van der Waals surface area contributed by atoms with Crippen LogP contribution in [0.2, 0.25) is 0 Å². The molecule has 0 spiro atoms. The molecule has 4 unspecified atom stereocenters. The van der Waals surface area contributed by atoms with Crippen LogP contribution in [-0.4, -0.2) is 38.5 Å². The average Bonchev–Trinajstić information content (AvgIpc) is 2.98. The molecule has 0 aliphatic carbocycles. The van der Waals surface area contributed by atoms with Crippen LogP contribution in [0.1, 0.15) is 25.1 Å². The summed E-state index contributed by atoms with van der Waals surface area (Å²) in [6.45, 7) is 4.19. The first-order chi connectivity index (χ1) is 8.59. The standard InChI is InChI=1S/C12H21N3O2S/c1-9(18(2)16)6-15-8-14-5-11(15)12(13)10-3-4-17-7-10/h5,8-10,12H,3-4,6-7,13H2,1-2H3. The zero-order valence-electron chi connectivity index (χ0n) is 10.9. The molecule has 18 heavy (non-hydrogen) atoms. The van der Waals surface area contributed by atoms with Gasteiger partial charge in [0.2, 0.25) is 0 Å². The summed E-state index contributed by atoms with van der Waals surface area (Å²) in [6, 6.07) is -0.0486. The van der Waals surface area contributed by atoms with Gasteiger partial charge in [0.05, 0.1) is 24.7 Å². The molecule has 1 fully saturated rings. The lowest BCUT2D eigenvalue weighted by Crippen LogP contribution is -2.26. The van der Waals surface area contributed by atoms with Crippen molar-refractivity contribution in [1.82, 2.24) is 9.55 Å². The van der Waals surface area contributed by atoms with Gasteiger partial charge in [-0.1, -0.05) is 0 Å². The van der Waals surface area contributed by atoms with Crippen molar-refractivity contribution in [3.05, 3.63) is 18.2 Å². The van der Waals surface area contributed by atoms with E-state index in [0.29, 0.717) is 12.5 Å². The zero-order chi connectivity index (χ0) is 13.1. The molecule has 0 bridgehead atoms. The molecule has 0 radical (unpaired) electrons. The van der Waals surface area contributed by atoms with E-state index in [4.69, 9.17) is 10.5 Å². The van der Waals surface area contributed by atoms with E-state index in [9.17, 15) is 4.21 Å². The minimum absolute atomic E-state index is 0.0486. The third-order valence-corrected chi connectivity index (χ3v) is 4.86. The first kappa shape index (κ1) is 13.7. The fourth-order valence-corrected chi connectivity index (χ4v) is 2.59. The highest BCUT2D eigenvalue weighted by atomic mass is 32.2. The molecule has 0 amide bonds. The van der Waals surface area contributed by atoms with Gasteiger partial charge in [0.25, 0.3) is 0 Å². The second-order valence-electron chi connectivity index (χ2n) is 4.93. The van der Waals surface area contributed by atoms with Crippen molar-refractivity contribution in [2.24, 2.45) is 11.7 Å². The monoisotopic (exact) mass is 271 g/mol. The molecule has 5 nitrogen and oxygen atoms in total. The Balaban J connectivity index is 2.09. The van der Waals surface area contributed by atoms with Crippen LogP contribution in [0.25, 0.3) is 0 Å². The topological polar surface area (TPSA) is 70.1 Å². The van der Waals surface area contributed by atoms with Crippen molar-refractivity contribution in [1.29, 1.82) is 0 Å². The van der Waals surface area contributed by atoms with E-state index < -0.39 is 10.8 Å². The lowest BCUT2D eigenvalue weighted by atomic mass is 9.97. The summed E-state index contributed by atoms with van der Waals surface area (Å²) >= 11 is 0. The molecule has 0 saturated carbocycles. The molecule has 0 aromatic carbocycles. The highest BCUT2D eigenvalue weighted by Crippen LogP contribution is 2.26. The van der Waals surface area contributed by atoms with Crippen LogP contribution >= 0.6 is 0 Å². The highest BCUT2D eigenvalue weighted by Gasteiger charge is 2.26. The normalized spacial score (nSPS) is 24.9.